The minimum Gasteiger partial charge on any atom is -0.457 e. The molecule has 0 radical (unpaired) electrons. The Kier molecular flexibility index (Phi) is 9.32. The minimum absolute atomic E-state index is 0.313. The molecule has 4 aromatic carbocycles. The Morgan fingerprint density at radius 2 is 1.43 bits per heavy atom. The molecule has 7 aromatic rings. The first-order chi connectivity index (χ1) is 24.6. The number of hydrogen-bond donors (Lipinski definition) is 0. The first-order valence-corrected chi connectivity index (χ1v) is 18.6. The molecule has 0 atom stereocenters. The molecule has 260 valence electrons. The van der Waals surface area contributed by atoms with Crippen LogP contribution < -0.4 is 4.74 Å². The summed E-state index contributed by atoms with van der Waals surface area (Å²) < 4.78 is 11.2. The molecule has 5 nitrogen and oxygen atoms in total. The van der Waals surface area contributed by atoms with Crippen molar-refractivity contribution in [3.63, 3.8) is 0 Å². The molecule has 0 aliphatic carbocycles. The van der Waals surface area contributed by atoms with Crippen molar-refractivity contribution in [2.24, 2.45) is 5.92 Å². The summed E-state index contributed by atoms with van der Waals surface area (Å²) in [6, 6.07) is 30.6. The summed E-state index contributed by atoms with van der Waals surface area (Å²) in [7, 11) is 0. The van der Waals surface area contributed by atoms with Gasteiger partial charge in [-0.1, -0.05) is 77.4 Å². The van der Waals surface area contributed by atoms with Crippen LogP contribution in [0.3, 0.4) is 0 Å². The summed E-state index contributed by atoms with van der Waals surface area (Å²) >= 11 is 0. The molecule has 0 saturated carbocycles. The first kappa shape index (κ1) is 34.3. The zero-order valence-electron chi connectivity index (χ0n) is 31.6. The first-order valence-electron chi connectivity index (χ1n) is 18.6. The van der Waals surface area contributed by atoms with Crippen LogP contribution in [0.4, 0.5) is 0 Å². The van der Waals surface area contributed by atoms with E-state index in [-0.39, 0.29) is 0 Å². The highest BCUT2D eigenvalue weighted by atomic mass is 16.5. The molecular weight excluding hydrogens is 625 g/mol. The monoisotopic (exact) mass is 674 g/mol. The quantitative estimate of drug-likeness (QED) is 0.145. The van der Waals surface area contributed by atoms with Crippen LogP contribution >= 0.6 is 0 Å². The fourth-order valence-electron chi connectivity index (χ4n) is 7.77. The lowest BCUT2D eigenvalue weighted by atomic mass is 9.89. The Balaban J connectivity index is 1.33. The van der Waals surface area contributed by atoms with Gasteiger partial charge in [-0.2, -0.15) is 5.10 Å². The maximum Gasteiger partial charge on any atom is 0.137 e. The minimum atomic E-state index is 0.313. The highest BCUT2D eigenvalue weighted by Gasteiger charge is 2.21. The van der Waals surface area contributed by atoms with Gasteiger partial charge in [0.2, 0.25) is 0 Å². The zero-order chi connectivity index (χ0) is 36.0. The van der Waals surface area contributed by atoms with Gasteiger partial charge in [-0.05, 0) is 122 Å². The Hall–Kier alpha value is -5.16. The number of para-hydroxylation sites is 1. The fraction of sp³-hybridized carbons (Fsp3) is 0.304. The molecule has 0 aliphatic heterocycles. The Morgan fingerprint density at radius 1 is 0.706 bits per heavy atom. The van der Waals surface area contributed by atoms with Crippen molar-refractivity contribution in [2.45, 2.75) is 87.5 Å². The van der Waals surface area contributed by atoms with Crippen molar-refractivity contribution >= 4 is 21.8 Å². The van der Waals surface area contributed by atoms with Gasteiger partial charge in [0.25, 0.3) is 0 Å². The van der Waals surface area contributed by atoms with Crippen molar-refractivity contribution in [1.82, 2.24) is 19.3 Å². The predicted molar refractivity (Wildman–Crippen MR) is 213 cm³/mol. The summed E-state index contributed by atoms with van der Waals surface area (Å²) in [5.41, 5.74) is 14.6. The second-order valence-electron chi connectivity index (χ2n) is 14.8. The summed E-state index contributed by atoms with van der Waals surface area (Å²) in [4.78, 5) is 4.86. The molecule has 0 fully saturated rings. The number of aromatic nitrogens is 4. The van der Waals surface area contributed by atoms with Gasteiger partial charge in [-0.25, -0.2) is 9.67 Å². The van der Waals surface area contributed by atoms with Gasteiger partial charge in [-0.3, -0.25) is 4.57 Å². The van der Waals surface area contributed by atoms with E-state index in [0.29, 0.717) is 11.8 Å². The molecule has 0 bridgehead atoms. The fourth-order valence-corrected chi connectivity index (χ4v) is 7.77. The number of aryl methyl sites for hydroxylation is 4. The SMILES string of the molecule is CCc1cc(C)cc(CC)c1-c1c(C)nn(-c2cc(Oc3ccc4c5ccccc5n(-c5cc(CC(C)C)ccn5)c4c3)cc(C(C)C)c2)c1C. The van der Waals surface area contributed by atoms with Crippen LogP contribution in [0, 0.1) is 26.7 Å². The molecule has 0 unspecified atom stereocenters. The van der Waals surface area contributed by atoms with E-state index in [4.69, 9.17) is 14.8 Å². The van der Waals surface area contributed by atoms with E-state index in [9.17, 15) is 0 Å². The third-order valence-corrected chi connectivity index (χ3v) is 10.1. The van der Waals surface area contributed by atoms with E-state index in [1.54, 1.807) is 0 Å². The van der Waals surface area contributed by atoms with Gasteiger partial charge >= 0.3 is 0 Å². The van der Waals surface area contributed by atoms with Crippen molar-refractivity contribution in [3.8, 4) is 34.1 Å². The van der Waals surface area contributed by atoms with Crippen LogP contribution in [0.2, 0.25) is 0 Å². The van der Waals surface area contributed by atoms with Gasteiger partial charge in [0.05, 0.1) is 22.4 Å². The highest BCUT2D eigenvalue weighted by Crippen LogP contribution is 2.39. The lowest BCUT2D eigenvalue weighted by molar-refractivity contribution is 0.481. The van der Waals surface area contributed by atoms with Gasteiger partial charge in [0.15, 0.2) is 0 Å². The molecule has 7 rings (SSSR count). The third-order valence-electron chi connectivity index (χ3n) is 10.1. The second-order valence-corrected chi connectivity index (χ2v) is 14.8. The van der Waals surface area contributed by atoms with Crippen LogP contribution in [0.25, 0.3) is 44.4 Å². The number of nitrogens with zero attached hydrogens (tertiary/aromatic N) is 4. The van der Waals surface area contributed by atoms with Gasteiger partial charge in [0.1, 0.15) is 17.3 Å². The molecule has 0 aliphatic rings. The van der Waals surface area contributed by atoms with Crippen molar-refractivity contribution in [3.05, 3.63) is 130 Å². The van der Waals surface area contributed by atoms with Crippen LogP contribution in [-0.2, 0) is 19.3 Å². The van der Waals surface area contributed by atoms with Crippen molar-refractivity contribution < 1.29 is 4.74 Å². The Bertz CT molecular complexity index is 2360. The standard InChI is InChI=1S/C46H50N4O/c1-10-34-21-30(7)22-35(11-2)46(34)45-31(8)48-50(32(45)9)37-24-36(29(5)6)25-39(26-37)51-38-16-17-41-40-14-12-13-15-42(40)49(43(41)27-38)44-23-33(18-19-47-44)20-28(3)4/h12-19,21-29H,10-11,20H2,1-9H3. The average molecular weight is 675 g/mol. The number of benzene rings is 4. The molecule has 3 heterocycles. The lowest BCUT2D eigenvalue weighted by Crippen LogP contribution is -2.03. The predicted octanol–water partition coefficient (Wildman–Crippen LogP) is 12.2. The summed E-state index contributed by atoms with van der Waals surface area (Å²) in [6.45, 7) is 20.0. The highest BCUT2D eigenvalue weighted by molar-refractivity contribution is 6.09. The number of rotatable bonds is 10. The van der Waals surface area contributed by atoms with Crippen LogP contribution in [-0.4, -0.2) is 19.3 Å². The van der Waals surface area contributed by atoms with E-state index < -0.39 is 0 Å². The number of pyridine rings is 1. The molecule has 0 amide bonds. The van der Waals surface area contributed by atoms with Gasteiger partial charge in [0, 0.05) is 40.4 Å². The van der Waals surface area contributed by atoms with Crippen LogP contribution in [0.15, 0.2) is 91.1 Å². The van der Waals surface area contributed by atoms with Crippen LogP contribution in [0.5, 0.6) is 11.5 Å². The topological polar surface area (TPSA) is 44.9 Å². The molecule has 0 N–H and O–H groups in total. The van der Waals surface area contributed by atoms with E-state index in [2.05, 4.69) is 156 Å². The molecular formula is C46H50N4O. The van der Waals surface area contributed by atoms with E-state index in [1.807, 2.05) is 6.20 Å². The second kappa shape index (κ2) is 13.9. The third kappa shape index (κ3) is 6.46. The summed E-state index contributed by atoms with van der Waals surface area (Å²) in [5, 5.41) is 7.54. The molecule has 3 aromatic heterocycles. The molecule has 0 saturated heterocycles. The number of ether oxygens (including phenoxy) is 1. The van der Waals surface area contributed by atoms with Crippen molar-refractivity contribution in [1.29, 1.82) is 0 Å². The molecule has 5 heteroatoms. The Morgan fingerprint density at radius 3 is 2.14 bits per heavy atom. The van der Waals surface area contributed by atoms with Gasteiger partial charge in [-0.15, -0.1) is 0 Å². The summed E-state index contributed by atoms with van der Waals surface area (Å²) in [5.74, 6) is 3.38. The normalized spacial score (nSPS) is 11.8. The molecule has 51 heavy (non-hydrogen) atoms. The van der Waals surface area contributed by atoms with E-state index in [1.165, 1.54) is 49.7 Å². The Labute approximate surface area is 302 Å². The van der Waals surface area contributed by atoms with E-state index >= 15 is 0 Å². The lowest BCUT2D eigenvalue weighted by Gasteiger charge is -2.17. The van der Waals surface area contributed by atoms with Crippen LogP contribution in [0.1, 0.15) is 86.7 Å². The largest absolute Gasteiger partial charge is 0.457 e. The van der Waals surface area contributed by atoms with E-state index in [0.717, 1.165) is 64.7 Å². The van der Waals surface area contributed by atoms with Gasteiger partial charge < -0.3 is 4.74 Å². The average Bonchev–Trinajstić information content (AvgIpc) is 3.59. The zero-order valence-corrected chi connectivity index (χ0v) is 31.6. The maximum absolute atomic E-state index is 6.78. The smallest absolute Gasteiger partial charge is 0.137 e. The summed E-state index contributed by atoms with van der Waals surface area (Å²) in [6.07, 6.45) is 4.91. The van der Waals surface area contributed by atoms with Crippen molar-refractivity contribution in [2.75, 3.05) is 0 Å². The maximum atomic E-state index is 6.78. The number of fused-ring (bicyclic) bond motifs is 3. The number of hydrogen-bond acceptors (Lipinski definition) is 3. The molecule has 0 spiro atoms.